The van der Waals surface area contributed by atoms with Gasteiger partial charge in [0.1, 0.15) is 5.75 Å². The summed E-state index contributed by atoms with van der Waals surface area (Å²) in [6.45, 7) is 4.32. The zero-order valence-electron chi connectivity index (χ0n) is 11.2. The first-order valence-electron chi connectivity index (χ1n) is 5.93. The van der Waals surface area contributed by atoms with Crippen LogP contribution >= 0.6 is 0 Å². The van der Waals surface area contributed by atoms with Crippen LogP contribution in [0.5, 0.6) is 11.8 Å². The second-order valence-electron chi connectivity index (χ2n) is 4.42. The monoisotopic (exact) mass is 246 g/mol. The fourth-order valence-corrected chi connectivity index (χ4v) is 1.83. The smallest absolute Gasteiger partial charge is 0.293 e. The Kier molecular flexibility index (Phi) is 3.55. The molecule has 0 fully saturated rings. The Morgan fingerprint density at radius 1 is 1.17 bits per heavy atom. The van der Waals surface area contributed by atoms with E-state index in [0.717, 1.165) is 17.0 Å². The normalized spacial score (nSPS) is 10.7. The number of H-pyrrole nitrogens is 1. The Morgan fingerprint density at radius 3 is 2.50 bits per heavy atom. The highest BCUT2D eigenvalue weighted by molar-refractivity contribution is 5.67. The molecule has 0 aliphatic heterocycles. The molecule has 1 aromatic heterocycles. The number of nitrogens with one attached hydrogen (secondary N) is 1. The summed E-state index contributed by atoms with van der Waals surface area (Å²) in [5, 5.41) is 0. The molecule has 1 aromatic carbocycles. The summed E-state index contributed by atoms with van der Waals surface area (Å²) in [7, 11) is 3.26. The predicted molar refractivity (Wildman–Crippen MR) is 71.2 cm³/mol. The van der Waals surface area contributed by atoms with Gasteiger partial charge >= 0.3 is 0 Å². The van der Waals surface area contributed by atoms with Gasteiger partial charge in [-0.05, 0) is 23.6 Å². The van der Waals surface area contributed by atoms with Crippen LogP contribution < -0.4 is 9.47 Å². The van der Waals surface area contributed by atoms with Crippen molar-refractivity contribution in [2.45, 2.75) is 19.8 Å². The first-order chi connectivity index (χ1) is 8.65. The molecule has 0 amide bonds. The van der Waals surface area contributed by atoms with Gasteiger partial charge in [-0.15, -0.1) is 0 Å². The van der Waals surface area contributed by atoms with Gasteiger partial charge in [-0.1, -0.05) is 19.9 Å². The highest BCUT2D eigenvalue weighted by Crippen LogP contribution is 2.32. The molecule has 0 aliphatic carbocycles. The lowest BCUT2D eigenvalue weighted by molar-refractivity contribution is 0.384. The van der Waals surface area contributed by atoms with Crippen molar-refractivity contribution in [1.29, 1.82) is 0 Å². The molecule has 4 nitrogen and oxygen atoms in total. The average molecular weight is 246 g/mol. The van der Waals surface area contributed by atoms with Gasteiger partial charge in [0.15, 0.2) is 0 Å². The Bertz CT molecular complexity index is 532. The number of aromatic amines is 1. The van der Waals surface area contributed by atoms with E-state index in [4.69, 9.17) is 9.47 Å². The SMILES string of the molecule is COc1ncc(-c2ccc(C(C)C)cc2OC)[nH]1. The minimum Gasteiger partial charge on any atom is -0.496 e. The van der Waals surface area contributed by atoms with Crippen LogP contribution in [0.4, 0.5) is 0 Å². The second-order valence-corrected chi connectivity index (χ2v) is 4.42. The van der Waals surface area contributed by atoms with Crippen LogP contribution in [0.1, 0.15) is 25.3 Å². The number of ether oxygens (including phenoxy) is 2. The van der Waals surface area contributed by atoms with Crippen molar-refractivity contribution in [3.8, 4) is 23.0 Å². The van der Waals surface area contributed by atoms with Gasteiger partial charge < -0.3 is 14.5 Å². The van der Waals surface area contributed by atoms with Crippen molar-refractivity contribution in [3.05, 3.63) is 30.0 Å². The van der Waals surface area contributed by atoms with E-state index in [1.54, 1.807) is 20.4 Å². The average Bonchev–Trinajstić information content (AvgIpc) is 2.86. The lowest BCUT2D eigenvalue weighted by Crippen LogP contribution is -1.93. The topological polar surface area (TPSA) is 47.1 Å². The van der Waals surface area contributed by atoms with E-state index < -0.39 is 0 Å². The van der Waals surface area contributed by atoms with Crippen molar-refractivity contribution < 1.29 is 9.47 Å². The molecule has 0 atom stereocenters. The number of methoxy groups -OCH3 is 2. The molecule has 0 aliphatic rings. The maximum Gasteiger partial charge on any atom is 0.293 e. The summed E-state index contributed by atoms with van der Waals surface area (Å²) in [5.74, 6) is 1.32. The van der Waals surface area contributed by atoms with Gasteiger partial charge in [0, 0.05) is 5.56 Å². The minimum atomic E-state index is 0.476. The molecule has 18 heavy (non-hydrogen) atoms. The third-order valence-electron chi connectivity index (χ3n) is 2.93. The summed E-state index contributed by atoms with van der Waals surface area (Å²) >= 11 is 0. The van der Waals surface area contributed by atoms with Gasteiger partial charge in [0.05, 0.1) is 26.1 Å². The first-order valence-corrected chi connectivity index (χ1v) is 5.93. The summed E-state index contributed by atoms with van der Waals surface area (Å²) in [6.07, 6.45) is 1.74. The molecule has 1 N–H and O–H groups in total. The molecule has 0 unspecified atom stereocenters. The van der Waals surface area contributed by atoms with Crippen molar-refractivity contribution in [2.24, 2.45) is 0 Å². The van der Waals surface area contributed by atoms with Gasteiger partial charge in [0.25, 0.3) is 6.01 Å². The quantitative estimate of drug-likeness (QED) is 0.901. The molecular weight excluding hydrogens is 228 g/mol. The van der Waals surface area contributed by atoms with E-state index in [0.29, 0.717) is 11.9 Å². The maximum atomic E-state index is 5.44. The summed E-state index contributed by atoms with van der Waals surface area (Å²) in [5.41, 5.74) is 3.12. The molecule has 4 heteroatoms. The summed E-state index contributed by atoms with van der Waals surface area (Å²) < 4.78 is 10.5. The number of aromatic nitrogens is 2. The van der Waals surface area contributed by atoms with E-state index in [9.17, 15) is 0 Å². The van der Waals surface area contributed by atoms with Gasteiger partial charge in [-0.3, -0.25) is 0 Å². The lowest BCUT2D eigenvalue weighted by Gasteiger charge is -2.11. The number of nitrogens with zero attached hydrogens (tertiary/aromatic N) is 1. The van der Waals surface area contributed by atoms with Gasteiger partial charge in [0.2, 0.25) is 0 Å². The van der Waals surface area contributed by atoms with Crippen LogP contribution in [0, 0.1) is 0 Å². The number of hydrogen-bond donors (Lipinski definition) is 1. The molecular formula is C14H18N2O2. The van der Waals surface area contributed by atoms with Crippen molar-refractivity contribution in [3.63, 3.8) is 0 Å². The highest BCUT2D eigenvalue weighted by Gasteiger charge is 2.11. The fourth-order valence-electron chi connectivity index (χ4n) is 1.83. The Hall–Kier alpha value is -1.97. The molecule has 2 rings (SSSR count). The molecule has 0 saturated carbocycles. The minimum absolute atomic E-state index is 0.476. The van der Waals surface area contributed by atoms with Crippen LogP contribution in [0.15, 0.2) is 24.4 Å². The van der Waals surface area contributed by atoms with Gasteiger partial charge in [-0.25, -0.2) is 4.98 Å². The Labute approximate surface area is 107 Å². The zero-order chi connectivity index (χ0) is 13.1. The molecule has 1 heterocycles. The third-order valence-corrected chi connectivity index (χ3v) is 2.93. The van der Waals surface area contributed by atoms with E-state index in [2.05, 4.69) is 35.9 Å². The van der Waals surface area contributed by atoms with Crippen molar-refractivity contribution >= 4 is 0 Å². The van der Waals surface area contributed by atoms with E-state index in [1.165, 1.54) is 5.56 Å². The molecule has 96 valence electrons. The van der Waals surface area contributed by atoms with E-state index in [-0.39, 0.29) is 0 Å². The van der Waals surface area contributed by atoms with Crippen LogP contribution in [0.25, 0.3) is 11.3 Å². The van der Waals surface area contributed by atoms with Crippen LogP contribution in [-0.4, -0.2) is 24.2 Å². The van der Waals surface area contributed by atoms with E-state index >= 15 is 0 Å². The van der Waals surface area contributed by atoms with Crippen molar-refractivity contribution in [2.75, 3.05) is 14.2 Å². The molecule has 0 radical (unpaired) electrons. The Balaban J connectivity index is 2.44. The zero-order valence-corrected chi connectivity index (χ0v) is 11.2. The van der Waals surface area contributed by atoms with Crippen LogP contribution in [0.2, 0.25) is 0 Å². The molecule has 2 aromatic rings. The standard InChI is InChI=1S/C14H18N2O2/c1-9(2)10-5-6-11(13(7-10)17-3)12-8-15-14(16-12)18-4/h5-9H,1-4H3,(H,15,16). The second kappa shape index (κ2) is 5.12. The number of rotatable bonds is 4. The van der Waals surface area contributed by atoms with Crippen LogP contribution in [0.3, 0.4) is 0 Å². The number of benzene rings is 1. The van der Waals surface area contributed by atoms with Gasteiger partial charge in [-0.2, -0.15) is 0 Å². The fraction of sp³-hybridized carbons (Fsp3) is 0.357. The third kappa shape index (κ3) is 2.32. The van der Waals surface area contributed by atoms with Crippen LogP contribution in [-0.2, 0) is 0 Å². The van der Waals surface area contributed by atoms with E-state index in [1.807, 2.05) is 6.07 Å². The highest BCUT2D eigenvalue weighted by atomic mass is 16.5. The lowest BCUT2D eigenvalue weighted by atomic mass is 10.00. The number of imidazole rings is 1. The first kappa shape index (κ1) is 12.5. The maximum absolute atomic E-state index is 5.44. The predicted octanol–water partition coefficient (Wildman–Crippen LogP) is 3.22. The summed E-state index contributed by atoms with van der Waals surface area (Å²) in [4.78, 5) is 7.20. The Morgan fingerprint density at radius 2 is 1.94 bits per heavy atom. The largest absolute Gasteiger partial charge is 0.496 e. The summed E-state index contributed by atoms with van der Waals surface area (Å²) in [6, 6.07) is 6.71. The molecule has 0 saturated heterocycles. The number of hydrogen-bond acceptors (Lipinski definition) is 3. The molecule has 0 spiro atoms. The molecule has 0 bridgehead atoms. The van der Waals surface area contributed by atoms with Crippen molar-refractivity contribution in [1.82, 2.24) is 9.97 Å².